The maximum Gasteiger partial charge on any atom is 0.251 e. The van der Waals surface area contributed by atoms with E-state index in [-0.39, 0.29) is 5.91 Å². The van der Waals surface area contributed by atoms with Crippen molar-refractivity contribution >= 4 is 11.9 Å². The van der Waals surface area contributed by atoms with E-state index in [4.69, 9.17) is 9.47 Å². The van der Waals surface area contributed by atoms with Crippen molar-refractivity contribution in [2.24, 2.45) is 4.99 Å². The zero-order valence-corrected chi connectivity index (χ0v) is 18.2. The van der Waals surface area contributed by atoms with Crippen molar-refractivity contribution in [2.75, 3.05) is 33.9 Å². The maximum absolute atomic E-state index is 12.2. The molecule has 0 saturated carbocycles. The SMILES string of the molecule is CCCOc1cc(C)ccc1CNC(=NC)NCCNC(=O)c1cccc(OC)c1. The van der Waals surface area contributed by atoms with Gasteiger partial charge in [0.2, 0.25) is 0 Å². The molecule has 0 radical (unpaired) electrons. The number of nitrogens with zero attached hydrogens (tertiary/aromatic N) is 1. The predicted molar refractivity (Wildman–Crippen MR) is 120 cm³/mol. The molecule has 0 aliphatic rings. The third-order valence-corrected chi connectivity index (χ3v) is 4.39. The third-order valence-electron chi connectivity index (χ3n) is 4.39. The molecule has 0 heterocycles. The van der Waals surface area contributed by atoms with Crippen LogP contribution in [-0.4, -0.2) is 45.7 Å². The highest BCUT2D eigenvalue weighted by Gasteiger charge is 2.07. The van der Waals surface area contributed by atoms with E-state index in [1.54, 1.807) is 38.4 Å². The van der Waals surface area contributed by atoms with E-state index < -0.39 is 0 Å². The first-order valence-electron chi connectivity index (χ1n) is 10.2. The van der Waals surface area contributed by atoms with Crippen LogP contribution in [0.4, 0.5) is 0 Å². The lowest BCUT2D eigenvalue weighted by Crippen LogP contribution is -2.41. The summed E-state index contributed by atoms with van der Waals surface area (Å²) in [7, 11) is 3.29. The van der Waals surface area contributed by atoms with Crippen molar-refractivity contribution in [1.29, 1.82) is 0 Å². The molecule has 3 N–H and O–H groups in total. The topological polar surface area (TPSA) is 84.0 Å². The average Bonchev–Trinajstić information content (AvgIpc) is 2.77. The first kappa shape index (κ1) is 23.1. The number of nitrogens with one attached hydrogen (secondary N) is 3. The standard InChI is InChI=1S/C23H32N4O3/c1-5-13-30-21-14-17(2)9-10-19(21)16-27-23(24-3)26-12-11-25-22(28)18-7-6-8-20(15-18)29-4/h6-10,14-15H,5,11-13,16H2,1-4H3,(H,25,28)(H2,24,26,27). The number of aliphatic imine (C=N–C) groups is 1. The Morgan fingerprint density at radius 2 is 1.87 bits per heavy atom. The van der Waals surface area contributed by atoms with Gasteiger partial charge in [-0.15, -0.1) is 0 Å². The number of rotatable bonds is 10. The number of ether oxygens (including phenoxy) is 2. The molecule has 2 aromatic rings. The highest BCUT2D eigenvalue weighted by atomic mass is 16.5. The average molecular weight is 413 g/mol. The van der Waals surface area contributed by atoms with Gasteiger partial charge in [-0.05, 0) is 43.2 Å². The number of guanidine groups is 1. The van der Waals surface area contributed by atoms with Crippen molar-refractivity contribution in [1.82, 2.24) is 16.0 Å². The first-order valence-corrected chi connectivity index (χ1v) is 10.2. The fourth-order valence-corrected chi connectivity index (χ4v) is 2.78. The highest BCUT2D eigenvalue weighted by molar-refractivity contribution is 5.94. The van der Waals surface area contributed by atoms with Gasteiger partial charge in [0.1, 0.15) is 11.5 Å². The van der Waals surface area contributed by atoms with E-state index >= 15 is 0 Å². The second-order valence-electron chi connectivity index (χ2n) is 6.80. The molecule has 0 aliphatic carbocycles. The molecule has 7 heteroatoms. The van der Waals surface area contributed by atoms with Crippen molar-refractivity contribution < 1.29 is 14.3 Å². The Labute approximate surface area is 178 Å². The molecule has 0 atom stereocenters. The molecule has 0 aromatic heterocycles. The van der Waals surface area contributed by atoms with Crippen LogP contribution in [0.15, 0.2) is 47.5 Å². The smallest absolute Gasteiger partial charge is 0.251 e. The third kappa shape index (κ3) is 7.31. The predicted octanol–water partition coefficient (Wildman–Crippen LogP) is 2.89. The lowest BCUT2D eigenvalue weighted by Gasteiger charge is -2.15. The van der Waals surface area contributed by atoms with E-state index in [1.807, 2.05) is 0 Å². The molecular weight excluding hydrogens is 380 g/mol. The summed E-state index contributed by atoms with van der Waals surface area (Å²) in [5, 5.41) is 9.37. The first-order chi connectivity index (χ1) is 14.6. The minimum atomic E-state index is -0.143. The van der Waals surface area contributed by atoms with Gasteiger partial charge in [0.25, 0.3) is 5.91 Å². The lowest BCUT2D eigenvalue weighted by molar-refractivity contribution is 0.0954. The number of hydrogen-bond acceptors (Lipinski definition) is 4. The molecule has 0 saturated heterocycles. The van der Waals surface area contributed by atoms with Gasteiger partial charge in [0, 0.05) is 37.8 Å². The molecule has 2 aromatic carbocycles. The summed E-state index contributed by atoms with van der Waals surface area (Å²) < 4.78 is 11.0. The molecule has 1 amide bonds. The number of hydrogen-bond donors (Lipinski definition) is 3. The minimum absolute atomic E-state index is 0.143. The van der Waals surface area contributed by atoms with Gasteiger partial charge in [-0.3, -0.25) is 9.79 Å². The van der Waals surface area contributed by atoms with E-state index in [2.05, 4.69) is 53.0 Å². The van der Waals surface area contributed by atoms with Crippen LogP contribution in [0.3, 0.4) is 0 Å². The number of methoxy groups -OCH3 is 1. The Bertz CT molecular complexity index is 852. The van der Waals surface area contributed by atoms with Gasteiger partial charge in [0.05, 0.1) is 13.7 Å². The van der Waals surface area contributed by atoms with Crippen molar-refractivity contribution in [3.05, 3.63) is 59.2 Å². The summed E-state index contributed by atoms with van der Waals surface area (Å²) in [6.45, 7) is 6.43. The fraction of sp³-hybridized carbons (Fsp3) is 0.391. The minimum Gasteiger partial charge on any atom is -0.497 e. The quantitative estimate of drug-likeness (QED) is 0.317. The maximum atomic E-state index is 12.2. The Balaban J connectivity index is 1.79. The van der Waals surface area contributed by atoms with Crippen LogP contribution >= 0.6 is 0 Å². The molecule has 0 bridgehead atoms. The molecular formula is C23H32N4O3. The Morgan fingerprint density at radius 3 is 2.60 bits per heavy atom. The van der Waals surface area contributed by atoms with Gasteiger partial charge >= 0.3 is 0 Å². The summed E-state index contributed by atoms with van der Waals surface area (Å²) >= 11 is 0. The molecule has 0 spiro atoms. The largest absolute Gasteiger partial charge is 0.497 e. The van der Waals surface area contributed by atoms with Crippen LogP contribution < -0.4 is 25.4 Å². The second kappa shape index (κ2) is 12.4. The van der Waals surface area contributed by atoms with Crippen LogP contribution in [-0.2, 0) is 6.54 Å². The van der Waals surface area contributed by atoms with Gasteiger partial charge in [0.15, 0.2) is 5.96 Å². The van der Waals surface area contributed by atoms with Crippen LogP contribution in [0.1, 0.15) is 34.8 Å². The van der Waals surface area contributed by atoms with Crippen molar-refractivity contribution in [2.45, 2.75) is 26.8 Å². The molecule has 0 fully saturated rings. The van der Waals surface area contributed by atoms with Crippen LogP contribution in [0.5, 0.6) is 11.5 Å². The number of carbonyl (C=O) groups excluding carboxylic acids is 1. The van der Waals surface area contributed by atoms with Crippen LogP contribution in [0.25, 0.3) is 0 Å². The Morgan fingerprint density at radius 1 is 1.07 bits per heavy atom. The Kier molecular flexibility index (Phi) is 9.51. The zero-order chi connectivity index (χ0) is 21.8. The molecule has 30 heavy (non-hydrogen) atoms. The van der Waals surface area contributed by atoms with E-state index in [9.17, 15) is 4.79 Å². The van der Waals surface area contributed by atoms with Crippen molar-refractivity contribution in [3.8, 4) is 11.5 Å². The van der Waals surface area contributed by atoms with E-state index in [0.717, 1.165) is 17.7 Å². The normalized spacial score (nSPS) is 11.0. The van der Waals surface area contributed by atoms with Crippen molar-refractivity contribution in [3.63, 3.8) is 0 Å². The summed E-state index contributed by atoms with van der Waals surface area (Å²) in [6, 6.07) is 13.3. The molecule has 7 nitrogen and oxygen atoms in total. The monoisotopic (exact) mass is 412 g/mol. The molecule has 2 rings (SSSR count). The zero-order valence-electron chi connectivity index (χ0n) is 18.2. The summed E-state index contributed by atoms with van der Waals surface area (Å²) in [5.74, 6) is 2.07. The molecule has 0 unspecified atom stereocenters. The summed E-state index contributed by atoms with van der Waals surface area (Å²) in [4.78, 5) is 16.5. The lowest BCUT2D eigenvalue weighted by atomic mass is 10.1. The molecule has 0 aliphatic heterocycles. The van der Waals surface area contributed by atoms with Gasteiger partial charge in [-0.2, -0.15) is 0 Å². The van der Waals surface area contributed by atoms with Crippen LogP contribution in [0, 0.1) is 6.92 Å². The van der Waals surface area contributed by atoms with Gasteiger partial charge in [-0.25, -0.2) is 0 Å². The van der Waals surface area contributed by atoms with E-state index in [0.29, 0.717) is 43.5 Å². The molecule has 162 valence electrons. The fourth-order valence-electron chi connectivity index (χ4n) is 2.78. The number of aryl methyl sites for hydroxylation is 1. The number of benzene rings is 2. The summed E-state index contributed by atoms with van der Waals surface area (Å²) in [5.41, 5.74) is 2.80. The highest BCUT2D eigenvalue weighted by Crippen LogP contribution is 2.20. The Hall–Kier alpha value is -3.22. The van der Waals surface area contributed by atoms with E-state index in [1.165, 1.54) is 5.56 Å². The number of carbonyl (C=O) groups is 1. The van der Waals surface area contributed by atoms with Gasteiger partial charge < -0.3 is 25.4 Å². The second-order valence-corrected chi connectivity index (χ2v) is 6.80. The van der Waals surface area contributed by atoms with Gasteiger partial charge in [-0.1, -0.05) is 25.1 Å². The summed E-state index contributed by atoms with van der Waals surface area (Å²) in [6.07, 6.45) is 0.964. The van der Waals surface area contributed by atoms with Crippen LogP contribution in [0.2, 0.25) is 0 Å². The number of amides is 1.